The number of rotatable bonds is 31. The molecule has 3 aromatic heterocycles. The number of aryl methyl sites for hydroxylation is 6. The molecule has 102 heavy (non-hydrogen) atoms. The quantitative estimate of drug-likeness (QED) is 0.0258. The van der Waals surface area contributed by atoms with Crippen molar-refractivity contribution in [2.45, 2.75) is 216 Å². The molecule has 8 bridgehead atoms. The van der Waals surface area contributed by atoms with Gasteiger partial charge >= 0.3 is 0 Å². The van der Waals surface area contributed by atoms with Crippen LogP contribution in [0.5, 0.6) is 23.0 Å². The number of benzene rings is 4. The summed E-state index contributed by atoms with van der Waals surface area (Å²) < 4.78 is 65.6. The number of methoxy groups -OCH3 is 3. The number of para-hydroxylation sites is 1. The third-order valence-corrected chi connectivity index (χ3v) is 19.1. The Hall–Kier alpha value is -7.22. The lowest BCUT2D eigenvalue weighted by Crippen LogP contribution is -2.59. The molecular formula is C71H95N9O22. The Morgan fingerprint density at radius 2 is 0.716 bits per heavy atom. The van der Waals surface area contributed by atoms with E-state index in [4.69, 9.17) is 47.4 Å². The van der Waals surface area contributed by atoms with Gasteiger partial charge in [0.2, 0.25) is 0 Å². The van der Waals surface area contributed by atoms with Crippen molar-refractivity contribution in [2.24, 2.45) is 0 Å². The fraction of sp³-hybridized carbons (Fsp3) is 0.577. The maximum absolute atomic E-state index is 10.6. The monoisotopic (exact) mass is 1430 g/mol. The first-order valence-electron chi connectivity index (χ1n) is 34.6. The summed E-state index contributed by atoms with van der Waals surface area (Å²) in [5.41, 5.74) is 11.2. The summed E-state index contributed by atoms with van der Waals surface area (Å²) in [5, 5.41) is 149. The summed E-state index contributed by atoms with van der Waals surface area (Å²) in [5.74, 6) is 2.78. The fourth-order valence-electron chi connectivity index (χ4n) is 13.7. The summed E-state index contributed by atoms with van der Waals surface area (Å²) in [6, 6.07) is 19.1. The fourth-order valence-corrected chi connectivity index (χ4v) is 13.7. The average molecular weight is 1430 g/mol. The predicted octanol–water partition coefficient (Wildman–Crippen LogP) is 0.190. The maximum Gasteiger partial charge on any atom is 0.187 e. The molecule has 15 atom stereocenters. The number of unbranched alkanes of at least 4 members (excludes halogenated alkanes) is 4. The first-order chi connectivity index (χ1) is 49.4. The van der Waals surface area contributed by atoms with Crippen molar-refractivity contribution in [1.82, 2.24) is 45.0 Å². The molecule has 0 saturated carbocycles. The van der Waals surface area contributed by atoms with Crippen molar-refractivity contribution in [3.8, 4) is 23.0 Å². The second kappa shape index (κ2) is 35.5. The zero-order chi connectivity index (χ0) is 72.1. The highest BCUT2D eigenvalue weighted by Crippen LogP contribution is 2.41. The first-order valence-corrected chi connectivity index (χ1v) is 34.6. The van der Waals surface area contributed by atoms with Crippen molar-refractivity contribution in [1.29, 1.82) is 0 Å². The number of aliphatic hydroxyl groups excluding tert-OH is 12. The summed E-state index contributed by atoms with van der Waals surface area (Å²) in [6.45, 7) is 1.53. The molecule has 3 fully saturated rings. The van der Waals surface area contributed by atoms with Crippen molar-refractivity contribution < 1.29 is 109 Å². The third-order valence-electron chi connectivity index (χ3n) is 19.1. The van der Waals surface area contributed by atoms with Crippen LogP contribution in [0.1, 0.15) is 117 Å². The number of nitrogens with zero attached hydrogens (tertiary/aromatic N) is 9. The smallest absolute Gasteiger partial charge is 0.187 e. The van der Waals surface area contributed by atoms with Gasteiger partial charge in [0, 0.05) is 45.3 Å². The number of hydrogen-bond donors (Lipinski definition) is 12. The van der Waals surface area contributed by atoms with Crippen LogP contribution in [0.15, 0.2) is 73.2 Å². The third kappa shape index (κ3) is 18.1. The lowest BCUT2D eigenvalue weighted by molar-refractivity contribution is -0.304. The van der Waals surface area contributed by atoms with Gasteiger partial charge in [0.1, 0.15) is 113 Å². The van der Waals surface area contributed by atoms with Crippen LogP contribution in [0.4, 0.5) is 0 Å². The Kier molecular flexibility index (Phi) is 26.4. The Bertz CT molecular complexity index is 3650. The first kappa shape index (κ1) is 75.9. The van der Waals surface area contributed by atoms with Crippen LogP contribution in [0.25, 0.3) is 0 Å². The minimum atomic E-state index is -1.61. The zero-order valence-corrected chi connectivity index (χ0v) is 57.6. The molecule has 4 aromatic carbocycles. The molecule has 31 heteroatoms. The Morgan fingerprint density at radius 1 is 0.402 bits per heavy atom. The van der Waals surface area contributed by atoms with Gasteiger partial charge in [-0.05, 0) is 86.9 Å². The van der Waals surface area contributed by atoms with Gasteiger partial charge in [-0.2, -0.15) is 0 Å². The van der Waals surface area contributed by atoms with Crippen molar-refractivity contribution in [3.63, 3.8) is 0 Å². The van der Waals surface area contributed by atoms with Crippen LogP contribution in [-0.2, 0) is 113 Å². The molecule has 556 valence electrons. The highest BCUT2D eigenvalue weighted by Gasteiger charge is 2.47. The molecule has 4 aliphatic rings. The molecule has 1 aliphatic carbocycles. The van der Waals surface area contributed by atoms with Crippen LogP contribution in [0, 0.1) is 0 Å². The van der Waals surface area contributed by atoms with Crippen LogP contribution < -0.4 is 18.9 Å². The van der Waals surface area contributed by atoms with E-state index in [1.807, 2.05) is 0 Å². The molecule has 0 spiro atoms. The number of aliphatic hydroxyl groups is 12. The summed E-state index contributed by atoms with van der Waals surface area (Å²) in [6.07, 6.45) is -8.39. The molecule has 0 radical (unpaired) electrons. The van der Waals surface area contributed by atoms with Crippen molar-refractivity contribution >= 4 is 0 Å². The van der Waals surface area contributed by atoms with Gasteiger partial charge in [0.05, 0.1) is 86.2 Å². The predicted molar refractivity (Wildman–Crippen MR) is 358 cm³/mol. The molecule has 12 N–H and O–H groups in total. The molecule has 15 unspecified atom stereocenters. The highest BCUT2D eigenvalue weighted by atomic mass is 16.7. The lowest BCUT2D eigenvalue weighted by Gasteiger charge is -2.39. The van der Waals surface area contributed by atoms with Gasteiger partial charge < -0.3 is 109 Å². The lowest BCUT2D eigenvalue weighted by atomic mass is 9.88. The van der Waals surface area contributed by atoms with Crippen molar-refractivity contribution in [2.75, 3.05) is 47.8 Å². The van der Waals surface area contributed by atoms with Crippen LogP contribution >= 0.6 is 0 Å². The highest BCUT2D eigenvalue weighted by molar-refractivity contribution is 5.58. The topological polar surface area (TPSA) is 427 Å². The average Bonchev–Trinajstić information content (AvgIpc) is 0.790. The molecule has 3 saturated heterocycles. The minimum Gasteiger partial charge on any atom is -0.496 e. The van der Waals surface area contributed by atoms with E-state index in [9.17, 15) is 61.3 Å². The Morgan fingerprint density at radius 3 is 1.02 bits per heavy atom. The van der Waals surface area contributed by atoms with Gasteiger partial charge in [-0.3, -0.25) is 14.0 Å². The molecule has 3 aliphatic heterocycles. The van der Waals surface area contributed by atoms with Gasteiger partial charge in [-0.15, -0.1) is 15.3 Å². The Balaban J connectivity index is 0.935. The summed E-state index contributed by atoms with van der Waals surface area (Å²) >= 11 is 0. The second-order valence-electron chi connectivity index (χ2n) is 26.4. The van der Waals surface area contributed by atoms with Crippen LogP contribution in [0.3, 0.4) is 0 Å². The van der Waals surface area contributed by atoms with E-state index in [1.54, 1.807) is 54.0 Å². The van der Waals surface area contributed by atoms with Crippen LogP contribution in [-0.4, -0.2) is 246 Å². The molecule has 0 amide bonds. The van der Waals surface area contributed by atoms with E-state index in [1.165, 1.54) is 0 Å². The molecular weight excluding hydrogens is 1330 g/mol. The molecule has 31 nitrogen and oxygen atoms in total. The van der Waals surface area contributed by atoms with E-state index in [-0.39, 0.29) is 19.8 Å². The minimum absolute atomic E-state index is 0.155. The zero-order valence-electron chi connectivity index (χ0n) is 57.6. The normalized spacial score (nSPS) is 25.9. The van der Waals surface area contributed by atoms with Gasteiger partial charge in [0.15, 0.2) is 18.9 Å². The van der Waals surface area contributed by atoms with E-state index >= 15 is 0 Å². The van der Waals surface area contributed by atoms with Gasteiger partial charge in [0.25, 0.3) is 0 Å². The summed E-state index contributed by atoms with van der Waals surface area (Å²) in [7, 11) is 5.01. The van der Waals surface area contributed by atoms with E-state index < -0.39 is 112 Å². The summed E-state index contributed by atoms with van der Waals surface area (Å²) in [4.78, 5) is 0. The molecule has 11 rings (SSSR count). The van der Waals surface area contributed by atoms with Gasteiger partial charge in [-0.1, -0.05) is 103 Å². The van der Waals surface area contributed by atoms with Gasteiger partial charge in [-0.25, -0.2) is 0 Å². The number of fused-ring (bicyclic) bond motifs is 8. The van der Waals surface area contributed by atoms with E-state index in [2.05, 4.69) is 92.5 Å². The Labute approximate surface area is 589 Å². The molecule has 6 heterocycles. The van der Waals surface area contributed by atoms with Crippen LogP contribution in [0.2, 0.25) is 0 Å². The standard InChI is InChI=1S/C71H95N9O22/c1-5-6-7-8-9-19-96-68-42-11-10-12-43(68)27-45-21-40(14-17-79-31-51(73-76-79)37-98-70-63(91)60(88)57(85)54(34-82)101-70)23-47(66(45)94-3)29-49-25-41(15-18-80-32-52(74-77-80)38-99-71-64(92)61(89)58(86)55(35-83)102-71)24-48(67(49)95-4)28-46-22-39(20-44(26-42)65(46)93-2)13-16-78-30-50(72-75-78)36-97-69-62(90)59(87)56(84)53(33-81)100-69/h10-12,20-25,30-32,53-64,69-71,81-92H,5-9,13-19,26-29,33-38H2,1-4H3. The number of hydrogen-bond acceptors (Lipinski definition) is 28. The maximum atomic E-state index is 10.6. The molecule has 7 aromatic rings. The van der Waals surface area contributed by atoms with E-state index in [0.717, 1.165) is 99.1 Å². The number of ether oxygens (including phenoxy) is 10. The second-order valence-corrected chi connectivity index (χ2v) is 26.4. The van der Waals surface area contributed by atoms with Crippen molar-refractivity contribution in [3.05, 3.63) is 151 Å². The largest absolute Gasteiger partial charge is 0.496 e. The van der Waals surface area contributed by atoms with E-state index in [0.29, 0.717) is 106 Å². The SMILES string of the molecule is CCCCCCCOc1c2cccc1Cc1cc(CCn3cc(COC4OC(CO)C(O)C(O)C4O)nn3)cc(c1OC)Cc1cc(CCn3cc(COC4OC(CO)C(O)C(O)C4O)nn3)cc(c1OC)Cc1cc(CCn3cc(COC4OC(CO)C(O)C(O)C4O)nn3)cc(c1OC)C2. The number of aromatic nitrogens is 9.